The van der Waals surface area contributed by atoms with Gasteiger partial charge in [0.1, 0.15) is 6.04 Å². The lowest BCUT2D eigenvalue weighted by Crippen LogP contribution is -2.50. The largest absolute Gasteiger partial charge is 0.352 e. The molecule has 5 nitrogen and oxygen atoms in total. The molecule has 3 aromatic rings. The lowest BCUT2D eigenvalue weighted by Gasteiger charge is -2.21. The number of rotatable bonds is 9. The number of benzene rings is 3. The number of hydrogen-bond acceptors (Lipinski definition) is 3. The van der Waals surface area contributed by atoms with Crippen LogP contribution in [0.15, 0.2) is 77.7 Å². The van der Waals surface area contributed by atoms with Gasteiger partial charge in [0.25, 0.3) is 0 Å². The predicted molar refractivity (Wildman–Crippen MR) is 121 cm³/mol. The van der Waals surface area contributed by atoms with E-state index in [9.17, 15) is 13.2 Å². The van der Waals surface area contributed by atoms with Crippen LogP contribution in [0.5, 0.6) is 0 Å². The average Bonchev–Trinajstić information content (AvgIpc) is 2.73. The summed E-state index contributed by atoms with van der Waals surface area (Å²) in [4.78, 5) is 13.1. The van der Waals surface area contributed by atoms with E-state index in [1.807, 2.05) is 68.4 Å². The summed E-state index contributed by atoms with van der Waals surface area (Å²) in [6, 6.07) is 21.1. The number of hydrogen-bond donors (Lipinski definition) is 2. The van der Waals surface area contributed by atoms with E-state index in [-0.39, 0.29) is 23.3 Å². The molecular weight excluding hydrogens is 396 g/mol. The van der Waals surface area contributed by atoms with Crippen LogP contribution >= 0.6 is 0 Å². The molecule has 0 saturated heterocycles. The predicted octanol–water partition coefficient (Wildman–Crippen LogP) is 4.03. The molecule has 2 N–H and O–H groups in total. The highest BCUT2D eigenvalue weighted by atomic mass is 32.2. The first-order chi connectivity index (χ1) is 14.4. The summed E-state index contributed by atoms with van der Waals surface area (Å²) in [7, 11) is -3.87. The zero-order chi connectivity index (χ0) is 21.6. The summed E-state index contributed by atoms with van der Waals surface area (Å²) >= 11 is 0. The van der Waals surface area contributed by atoms with Crippen molar-refractivity contribution >= 4 is 26.7 Å². The number of fused-ring (bicyclic) bond motifs is 1. The Labute approximate surface area is 178 Å². The minimum Gasteiger partial charge on any atom is -0.352 e. The maximum atomic E-state index is 13.1. The first-order valence-electron chi connectivity index (χ1n) is 10.2. The van der Waals surface area contributed by atoms with E-state index in [2.05, 4.69) is 10.0 Å². The van der Waals surface area contributed by atoms with E-state index in [1.54, 1.807) is 18.2 Å². The van der Waals surface area contributed by atoms with Gasteiger partial charge in [-0.15, -0.1) is 0 Å². The SMILES string of the molecule is CCCC(C)NC(=O)C(Cc1ccccc1)NS(=O)(=O)c1ccc2ccccc2c1. The summed E-state index contributed by atoms with van der Waals surface area (Å²) < 4.78 is 28.8. The number of nitrogens with one attached hydrogen (secondary N) is 2. The summed E-state index contributed by atoms with van der Waals surface area (Å²) in [5.74, 6) is -0.316. The molecule has 158 valence electrons. The maximum absolute atomic E-state index is 13.1. The quantitative estimate of drug-likeness (QED) is 0.544. The molecule has 0 aromatic heterocycles. The van der Waals surface area contributed by atoms with Gasteiger partial charge in [0.15, 0.2) is 0 Å². The summed E-state index contributed by atoms with van der Waals surface area (Å²) in [5, 5.41) is 4.73. The fraction of sp³-hybridized carbons (Fsp3) is 0.292. The Morgan fingerprint density at radius 2 is 1.60 bits per heavy atom. The van der Waals surface area contributed by atoms with Crippen molar-refractivity contribution in [1.82, 2.24) is 10.0 Å². The van der Waals surface area contributed by atoms with Crippen LogP contribution in [0.25, 0.3) is 10.8 Å². The monoisotopic (exact) mass is 424 g/mol. The highest BCUT2D eigenvalue weighted by molar-refractivity contribution is 7.89. The minimum atomic E-state index is -3.87. The van der Waals surface area contributed by atoms with Crippen molar-refractivity contribution in [3.63, 3.8) is 0 Å². The van der Waals surface area contributed by atoms with Crippen LogP contribution in [0.3, 0.4) is 0 Å². The van der Waals surface area contributed by atoms with E-state index in [0.29, 0.717) is 0 Å². The van der Waals surface area contributed by atoms with Crippen molar-refractivity contribution in [2.45, 2.75) is 50.1 Å². The van der Waals surface area contributed by atoms with E-state index < -0.39 is 16.1 Å². The van der Waals surface area contributed by atoms with E-state index in [1.165, 1.54) is 0 Å². The van der Waals surface area contributed by atoms with Crippen molar-refractivity contribution in [3.8, 4) is 0 Å². The second-order valence-corrected chi connectivity index (χ2v) is 9.28. The summed E-state index contributed by atoms with van der Waals surface area (Å²) in [5.41, 5.74) is 0.891. The second-order valence-electron chi connectivity index (χ2n) is 7.57. The van der Waals surface area contributed by atoms with E-state index in [0.717, 1.165) is 29.2 Å². The highest BCUT2D eigenvalue weighted by Gasteiger charge is 2.27. The number of carbonyl (C=O) groups excluding carboxylic acids is 1. The highest BCUT2D eigenvalue weighted by Crippen LogP contribution is 2.19. The van der Waals surface area contributed by atoms with Gasteiger partial charge in [-0.3, -0.25) is 4.79 Å². The molecule has 2 unspecified atom stereocenters. The Hall–Kier alpha value is -2.70. The van der Waals surface area contributed by atoms with Gasteiger partial charge in [0.2, 0.25) is 15.9 Å². The first kappa shape index (κ1) is 22.0. The third kappa shape index (κ3) is 5.68. The average molecular weight is 425 g/mol. The molecule has 3 aromatic carbocycles. The zero-order valence-corrected chi connectivity index (χ0v) is 18.2. The topological polar surface area (TPSA) is 75.3 Å². The van der Waals surface area contributed by atoms with Crippen LogP contribution in [0, 0.1) is 0 Å². The molecule has 0 heterocycles. The minimum absolute atomic E-state index is 0.0223. The van der Waals surface area contributed by atoms with Gasteiger partial charge < -0.3 is 5.32 Å². The summed E-state index contributed by atoms with van der Waals surface area (Å²) in [6.07, 6.45) is 2.05. The molecule has 0 aliphatic rings. The van der Waals surface area contributed by atoms with Gasteiger partial charge in [-0.2, -0.15) is 4.72 Å². The van der Waals surface area contributed by atoms with Crippen LogP contribution < -0.4 is 10.0 Å². The normalized spacial score (nSPS) is 13.7. The van der Waals surface area contributed by atoms with Crippen molar-refractivity contribution in [1.29, 1.82) is 0 Å². The van der Waals surface area contributed by atoms with Gasteiger partial charge in [-0.1, -0.05) is 74.0 Å². The van der Waals surface area contributed by atoms with Crippen LogP contribution in [-0.2, 0) is 21.2 Å². The molecule has 0 bridgehead atoms. The first-order valence-corrected chi connectivity index (χ1v) is 11.7. The molecule has 0 aliphatic carbocycles. The molecule has 2 atom stereocenters. The molecular formula is C24H28N2O3S. The zero-order valence-electron chi connectivity index (χ0n) is 17.3. The van der Waals surface area contributed by atoms with Crippen LogP contribution in [0.1, 0.15) is 32.3 Å². The van der Waals surface area contributed by atoms with Gasteiger partial charge in [0, 0.05) is 6.04 Å². The Bertz CT molecular complexity index is 1100. The van der Waals surface area contributed by atoms with Crippen molar-refractivity contribution in [2.75, 3.05) is 0 Å². The fourth-order valence-corrected chi connectivity index (χ4v) is 4.71. The fourth-order valence-electron chi connectivity index (χ4n) is 3.48. The molecule has 6 heteroatoms. The Balaban J connectivity index is 1.86. The molecule has 0 fully saturated rings. The van der Waals surface area contributed by atoms with Crippen LogP contribution in [0.2, 0.25) is 0 Å². The number of carbonyl (C=O) groups is 1. The third-order valence-electron chi connectivity index (χ3n) is 5.04. The molecule has 30 heavy (non-hydrogen) atoms. The smallest absolute Gasteiger partial charge is 0.241 e. The molecule has 3 rings (SSSR count). The van der Waals surface area contributed by atoms with Crippen molar-refractivity contribution in [3.05, 3.63) is 78.4 Å². The van der Waals surface area contributed by atoms with E-state index >= 15 is 0 Å². The van der Waals surface area contributed by atoms with Crippen LogP contribution in [0.4, 0.5) is 0 Å². The van der Waals surface area contributed by atoms with Gasteiger partial charge in [-0.05, 0) is 48.2 Å². The van der Waals surface area contributed by atoms with Gasteiger partial charge >= 0.3 is 0 Å². The molecule has 0 saturated carbocycles. The summed E-state index contributed by atoms with van der Waals surface area (Å²) in [6.45, 7) is 3.98. The number of amides is 1. The lowest BCUT2D eigenvalue weighted by molar-refractivity contribution is -0.123. The maximum Gasteiger partial charge on any atom is 0.241 e. The third-order valence-corrected chi connectivity index (χ3v) is 6.51. The molecule has 0 spiro atoms. The van der Waals surface area contributed by atoms with Crippen LogP contribution in [-0.4, -0.2) is 26.4 Å². The van der Waals surface area contributed by atoms with E-state index in [4.69, 9.17) is 0 Å². The Kier molecular flexibility index (Phi) is 7.24. The lowest BCUT2D eigenvalue weighted by atomic mass is 10.1. The molecule has 1 amide bonds. The Morgan fingerprint density at radius 3 is 2.30 bits per heavy atom. The molecule has 0 radical (unpaired) electrons. The standard InChI is InChI=1S/C24H28N2O3S/c1-3-9-18(2)25-24(27)23(16-19-10-5-4-6-11-19)26-30(28,29)22-15-14-20-12-7-8-13-21(20)17-22/h4-8,10-15,17-18,23,26H,3,9,16H2,1-2H3,(H,25,27). The second kappa shape index (κ2) is 9.87. The van der Waals surface area contributed by atoms with Crippen molar-refractivity contribution in [2.24, 2.45) is 0 Å². The number of sulfonamides is 1. The van der Waals surface area contributed by atoms with Crippen molar-refractivity contribution < 1.29 is 13.2 Å². The van der Waals surface area contributed by atoms with Gasteiger partial charge in [-0.25, -0.2) is 8.42 Å². The Morgan fingerprint density at radius 1 is 0.933 bits per heavy atom. The van der Waals surface area contributed by atoms with Gasteiger partial charge in [0.05, 0.1) is 4.90 Å². The molecule has 0 aliphatic heterocycles.